The van der Waals surface area contributed by atoms with E-state index in [1.165, 1.54) is 87.7 Å². The van der Waals surface area contributed by atoms with Gasteiger partial charge in [-0.05, 0) is 106 Å². The van der Waals surface area contributed by atoms with Gasteiger partial charge < -0.3 is 8.98 Å². The molecule has 0 fully saturated rings. The first kappa shape index (κ1) is 30.0. The second kappa shape index (κ2) is 11.7. The van der Waals surface area contributed by atoms with Crippen LogP contribution in [0.15, 0.2) is 168 Å². The van der Waals surface area contributed by atoms with Crippen molar-refractivity contribution in [1.82, 2.24) is 4.57 Å². The number of para-hydroxylation sites is 2. The van der Waals surface area contributed by atoms with Gasteiger partial charge in [0, 0.05) is 33.0 Å². The molecule has 0 aliphatic heterocycles. The third-order valence-corrected chi connectivity index (χ3v) is 11.3. The molecule has 0 N–H and O–H groups in total. The molecular formula is C51H35NO. The van der Waals surface area contributed by atoms with E-state index in [1.54, 1.807) is 0 Å². The van der Waals surface area contributed by atoms with Crippen LogP contribution in [0.4, 0.5) is 0 Å². The van der Waals surface area contributed by atoms with Crippen molar-refractivity contribution >= 4 is 60.4 Å². The first-order chi connectivity index (χ1) is 26.2. The van der Waals surface area contributed by atoms with Gasteiger partial charge in [0.05, 0.1) is 11.0 Å². The minimum absolute atomic E-state index is 0.981. The Balaban J connectivity index is 1.07. The largest absolute Gasteiger partial charge is 0.456 e. The molecule has 2 nitrogen and oxygen atoms in total. The van der Waals surface area contributed by atoms with E-state index in [2.05, 4.69) is 181 Å². The van der Waals surface area contributed by atoms with E-state index < -0.39 is 0 Å². The van der Waals surface area contributed by atoms with Gasteiger partial charge in [0.25, 0.3) is 0 Å². The van der Waals surface area contributed by atoms with Gasteiger partial charge in [-0.1, -0.05) is 139 Å². The normalized spacial score (nSPS) is 12.8. The fraction of sp³-hybridized carbons (Fsp3) is 0.0588. The molecule has 53 heavy (non-hydrogen) atoms. The average Bonchev–Trinajstić information content (AvgIpc) is 3.76. The van der Waals surface area contributed by atoms with Crippen LogP contribution in [0, 0.1) is 6.92 Å². The molecule has 0 radical (unpaired) electrons. The summed E-state index contributed by atoms with van der Waals surface area (Å²) in [6.45, 7) is 2.15. The second-order valence-electron chi connectivity index (χ2n) is 14.4. The van der Waals surface area contributed by atoms with E-state index in [-0.39, 0.29) is 0 Å². The Morgan fingerprint density at radius 3 is 1.74 bits per heavy atom. The summed E-state index contributed by atoms with van der Waals surface area (Å²) in [5, 5.41) is 8.79. The molecule has 0 amide bonds. The summed E-state index contributed by atoms with van der Waals surface area (Å²) in [7, 11) is 0. The predicted molar refractivity (Wildman–Crippen MR) is 224 cm³/mol. The number of aromatic nitrogens is 1. The summed E-state index contributed by atoms with van der Waals surface area (Å²) in [6, 6.07) is 58.1. The highest BCUT2D eigenvalue weighted by molar-refractivity contribution is 6.21. The molecule has 0 saturated heterocycles. The zero-order valence-electron chi connectivity index (χ0n) is 29.4. The number of fused-ring (bicyclic) bond motifs is 8. The topological polar surface area (TPSA) is 18.1 Å². The van der Waals surface area contributed by atoms with Crippen molar-refractivity contribution in [2.45, 2.75) is 19.8 Å². The minimum atomic E-state index is 0.981. The minimum Gasteiger partial charge on any atom is -0.456 e. The molecule has 1 aliphatic rings. The predicted octanol–water partition coefficient (Wildman–Crippen LogP) is 14.1. The Labute approximate surface area is 307 Å². The summed E-state index contributed by atoms with van der Waals surface area (Å²) in [5.41, 5.74) is 14.4. The van der Waals surface area contributed by atoms with Crippen LogP contribution in [0.25, 0.3) is 99.5 Å². The van der Waals surface area contributed by atoms with E-state index in [0.717, 1.165) is 35.4 Å². The molecule has 0 spiro atoms. The zero-order chi connectivity index (χ0) is 35.0. The highest BCUT2D eigenvalue weighted by atomic mass is 16.3. The van der Waals surface area contributed by atoms with Crippen molar-refractivity contribution in [3.8, 4) is 39.1 Å². The zero-order valence-corrected chi connectivity index (χ0v) is 29.4. The summed E-state index contributed by atoms with van der Waals surface area (Å²) in [5.74, 6) is 1.00. The fourth-order valence-electron chi connectivity index (χ4n) is 8.89. The van der Waals surface area contributed by atoms with Gasteiger partial charge in [0.2, 0.25) is 0 Å². The molecular weight excluding hydrogens is 643 g/mol. The Morgan fingerprint density at radius 1 is 0.491 bits per heavy atom. The molecule has 2 heterocycles. The highest BCUT2D eigenvalue weighted by Crippen LogP contribution is 2.45. The Bertz CT molecular complexity index is 3040. The Hall–Kier alpha value is -6.64. The van der Waals surface area contributed by atoms with Crippen LogP contribution < -0.4 is 0 Å². The van der Waals surface area contributed by atoms with Gasteiger partial charge in [-0.25, -0.2) is 0 Å². The number of furan rings is 1. The molecule has 0 bridgehead atoms. The molecule has 0 atom stereocenters. The van der Waals surface area contributed by atoms with Gasteiger partial charge in [0.1, 0.15) is 11.3 Å². The third kappa shape index (κ3) is 4.59. The van der Waals surface area contributed by atoms with Crippen LogP contribution in [0.5, 0.6) is 0 Å². The van der Waals surface area contributed by atoms with Crippen molar-refractivity contribution < 1.29 is 4.42 Å². The SMILES string of the molecule is Cc1ccc(-c2c3ccccc3c(-c3ccc(-n4c5ccccc5c5cc(-c6cccc7c8c(oc67)C=CCC8)ccc54)cc3)c3ccccc23)cc1. The lowest BCUT2D eigenvalue weighted by Gasteiger charge is -2.18. The maximum atomic E-state index is 6.49. The van der Waals surface area contributed by atoms with E-state index in [1.807, 2.05) is 0 Å². The quantitative estimate of drug-likeness (QED) is 0.170. The summed E-state index contributed by atoms with van der Waals surface area (Å²) < 4.78 is 8.90. The average molecular weight is 678 g/mol. The summed E-state index contributed by atoms with van der Waals surface area (Å²) in [4.78, 5) is 0. The van der Waals surface area contributed by atoms with Gasteiger partial charge in [-0.3, -0.25) is 0 Å². The fourth-order valence-corrected chi connectivity index (χ4v) is 8.89. The molecule has 0 saturated carbocycles. The highest BCUT2D eigenvalue weighted by Gasteiger charge is 2.20. The lowest BCUT2D eigenvalue weighted by Crippen LogP contribution is -1.95. The van der Waals surface area contributed by atoms with Gasteiger partial charge in [-0.2, -0.15) is 0 Å². The molecule has 10 aromatic rings. The Morgan fingerprint density at radius 2 is 1.06 bits per heavy atom. The molecule has 1 aliphatic carbocycles. The third-order valence-electron chi connectivity index (χ3n) is 11.3. The number of hydrogen-bond donors (Lipinski definition) is 0. The number of rotatable bonds is 4. The smallest absolute Gasteiger partial charge is 0.142 e. The standard InChI is InChI=1S/C51H35NO/c1-32-21-23-33(24-22-32)49-40-13-2-4-15-42(40)50(43-16-5-3-14-41(43)49)34-25-28-36(29-26-34)52-46-19-8-6-11-38(46)45-31-35(27-30-47(45)52)37-17-10-18-44-39-12-7-9-20-48(39)53-51(37)44/h2-6,8-11,13-31H,7,12H2,1H3. The molecule has 8 aromatic carbocycles. The summed E-state index contributed by atoms with van der Waals surface area (Å²) >= 11 is 0. The second-order valence-corrected chi connectivity index (χ2v) is 14.4. The van der Waals surface area contributed by atoms with Crippen molar-refractivity contribution in [3.05, 3.63) is 181 Å². The van der Waals surface area contributed by atoms with Crippen LogP contribution in [-0.4, -0.2) is 4.57 Å². The van der Waals surface area contributed by atoms with E-state index in [0.29, 0.717) is 0 Å². The van der Waals surface area contributed by atoms with Crippen molar-refractivity contribution in [2.24, 2.45) is 0 Å². The number of benzene rings is 8. The van der Waals surface area contributed by atoms with Crippen molar-refractivity contribution in [2.75, 3.05) is 0 Å². The first-order valence-corrected chi connectivity index (χ1v) is 18.6. The van der Waals surface area contributed by atoms with Gasteiger partial charge in [-0.15, -0.1) is 0 Å². The summed E-state index contributed by atoms with van der Waals surface area (Å²) in [6.07, 6.45) is 6.44. The molecule has 0 unspecified atom stereocenters. The number of hydrogen-bond acceptors (Lipinski definition) is 1. The molecule has 2 heteroatoms. The Kier molecular flexibility index (Phi) is 6.63. The van der Waals surface area contributed by atoms with E-state index in [4.69, 9.17) is 4.42 Å². The number of nitrogens with zero attached hydrogens (tertiary/aromatic N) is 1. The van der Waals surface area contributed by atoms with Crippen LogP contribution in [-0.2, 0) is 6.42 Å². The monoisotopic (exact) mass is 677 g/mol. The van der Waals surface area contributed by atoms with E-state index in [9.17, 15) is 0 Å². The maximum absolute atomic E-state index is 6.49. The van der Waals surface area contributed by atoms with Crippen LogP contribution >= 0.6 is 0 Å². The van der Waals surface area contributed by atoms with E-state index >= 15 is 0 Å². The van der Waals surface area contributed by atoms with Crippen molar-refractivity contribution in [3.63, 3.8) is 0 Å². The van der Waals surface area contributed by atoms with Crippen LogP contribution in [0.2, 0.25) is 0 Å². The van der Waals surface area contributed by atoms with Gasteiger partial charge in [0.15, 0.2) is 0 Å². The molecule has 11 rings (SSSR count). The number of aryl methyl sites for hydroxylation is 2. The van der Waals surface area contributed by atoms with Crippen LogP contribution in [0.3, 0.4) is 0 Å². The lowest BCUT2D eigenvalue weighted by molar-refractivity contribution is 0.596. The molecule has 2 aromatic heterocycles. The first-order valence-electron chi connectivity index (χ1n) is 18.6. The van der Waals surface area contributed by atoms with Crippen molar-refractivity contribution in [1.29, 1.82) is 0 Å². The van der Waals surface area contributed by atoms with Gasteiger partial charge >= 0.3 is 0 Å². The maximum Gasteiger partial charge on any atom is 0.142 e. The lowest BCUT2D eigenvalue weighted by atomic mass is 9.86. The molecule has 250 valence electrons. The number of allylic oxidation sites excluding steroid dienone is 1. The van der Waals surface area contributed by atoms with Crippen LogP contribution in [0.1, 0.15) is 23.3 Å².